The van der Waals surface area contributed by atoms with Crippen LogP contribution in [-0.4, -0.2) is 19.7 Å². The Morgan fingerprint density at radius 1 is 1.12 bits per heavy atom. The van der Waals surface area contributed by atoms with E-state index in [0.717, 1.165) is 22.2 Å². The largest absolute Gasteiger partial charge is 0.274 e. The van der Waals surface area contributed by atoms with Gasteiger partial charge >= 0.3 is 0 Å². The summed E-state index contributed by atoms with van der Waals surface area (Å²) < 4.78 is 2.00. The number of non-ortho nitro benzene ring substituents is 1. The van der Waals surface area contributed by atoms with Gasteiger partial charge in [-0.3, -0.25) is 14.7 Å². The van der Waals surface area contributed by atoms with Crippen LogP contribution in [0.2, 0.25) is 0 Å². The quantitative estimate of drug-likeness (QED) is 0.379. The summed E-state index contributed by atoms with van der Waals surface area (Å²) in [6.07, 6.45) is 0. The van der Waals surface area contributed by atoms with Crippen LogP contribution in [0.1, 0.15) is 29.1 Å². The van der Waals surface area contributed by atoms with Crippen molar-refractivity contribution in [2.24, 2.45) is 0 Å². The molecule has 1 aromatic heterocycles. The van der Waals surface area contributed by atoms with Crippen molar-refractivity contribution in [1.82, 2.24) is 14.8 Å². The molecule has 25 heavy (non-hydrogen) atoms. The molecule has 0 aliphatic rings. The van der Waals surface area contributed by atoms with Gasteiger partial charge in [-0.1, -0.05) is 41.6 Å². The number of rotatable bonds is 5. The lowest BCUT2D eigenvalue weighted by Gasteiger charge is -2.13. The normalized spacial score (nSPS) is 12.1. The Balaban J connectivity index is 1.90. The Hall–Kier alpha value is -2.67. The van der Waals surface area contributed by atoms with Crippen LogP contribution in [0.3, 0.4) is 0 Å². The molecule has 0 spiro atoms. The highest BCUT2D eigenvalue weighted by atomic mass is 32.2. The van der Waals surface area contributed by atoms with E-state index in [2.05, 4.69) is 10.2 Å². The molecule has 128 valence electrons. The molecular formula is C18H18N4O2S. The van der Waals surface area contributed by atoms with Crippen molar-refractivity contribution in [3.05, 3.63) is 75.6 Å². The minimum atomic E-state index is -0.375. The van der Waals surface area contributed by atoms with Crippen molar-refractivity contribution in [3.63, 3.8) is 0 Å². The van der Waals surface area contributed by atoms with E-state index in [1.807, 2.05) is 55.7 Å². The van der Waals surface area contributed by atoms with E-state index in [4.69, 9.17) is 0 Å². The summed E-state index contributed by atoms with van der Waals surface area (Å²) in [6.45, 7) is 5.96. The summed E-state index contributed by atoms with van der Waals surface area (Å²) in [5.41, 5.74) is 3.17. The standard InChI is InChI=1S/C18H18N4O2S/c1-12-7-9-16(10-8-12)21-14(3)19-20-18(21)25-13(2)15-5-4-6-17(11-15)22(23)24/h4-11,13H,1-3H3. The van der Waals surface area contributed by atoms with Crippen LogP contribution in [0.15, 0.2) is 53.7 Å². The van der Waals surface area contributed by atoms with Gasteiger partial charge in [0.05, 0.1) is 4.92 Å². The average molecular weight is 354 g/mol. The average Bonchev–Trinajstić information content (AvgIpc) is 2.96. The third-order valence-corrected chi connectivity index (χ3v) is 5.02. The van der Waals surface area contributed by atoms with E-state index in [0.29, 0.717) is 0 Å². The maximum absolute atomic E-state index is 11.0. The summed E-state index contributed by atoms with van der Waals surface area (Å²) in [7, 11) is 0. The monoisotopic (exact) mass is 354 g/mol. The van der Waals surface area contributed by atoms with Gasteiger partial charge in [0.25, 0.3) is 5.69 Å². The summed E-state index contributed by atoms with van der Waals surface area (Å²) in [4.78, 5) is 10.6. The van der Waals surface area contributed by atoms with E-state index >= 15 is 0 Å². The lowest BCUT2D eigenvalue weighted by molar-refractivity contribution is -0.384. The fourth-order valence-corrected chi connectivity index (χ4v) is 3.56. The molecule has 0 amide bonds. The highest BCUT2D eigenvalue weighted by Crippen LogP contribution is 2.36. The van der Waals surface area contributed by atoms with Crippen molar-refractivity contribution in [2.75, 3.05) is 0 Å². The van der Waals surface area contributed by atoms with Gasteiger partial charge in [-0.15, -0.1) is 10.2 Å². The third-order valence-electron chi connectivity index (χ3n) is 3.92. The molecule has 6 nitrogen and oxygen atoms in total. The lowest BCUT2D eigenvalue weighted by atomic mass is 10.1. The highest BCUT2D eigenvalue weighted by Gasteiger charge is 2.17. The van der Waals surface area contributed by atoms with Gasteiger partial charge in [0.15, 0.2) is 5.16 Å². The number of nitro benzene ring substituents is 1. The molecule has 0 aliphatic carbocycles. The topological polar surface area (TPSA) is 73.8 Å². The second-order valence-electron chi connectivity index (χ2n) is 5.81. The second-order valence-corrected chi connectivity index (χ2v) is 7.12. The number of benzene rings is 2. The van der Waals surface area contributed by atoms with Crippen molar-refractivity contribution in [2.45, 2.75) is 31.2 Å². The number of thioether (sulfide) groups is 1. The van der Waals surface area contributed by atoms with E-state index in [-0.39, 0.29) is 15.9 Å². The van der Waals surface area contributed by atoms with Gasteiger partial charge in [0, 0.05) is 23.1 Å². The molecule has 2 aromatic carbocycles. The van der Waals surface area contributed by atoms with Crippen LogP contribution in [-0.2, 0) is 0 Å². The number of aryl methyl sites for hydroxylation is 2. The first-order chi connectivity index (χ1) is 12.0. The molecule has 3 rings (SSSR count). The van der Waals surface area contributed by atoms with Gasteiger partial charge in [-0.25, -0.2) is 0 Å². The molecule has 1 heterocycles. The van der Waals surface area contributed by atoms with Crippen molar-refractivity contribution in [1.29, 1.82) is 0 Å². The molecule has 0 saturated carbocycles. The second kappa shape index (κ2) is 7.06. The third kappa shape index (κ3) is 3.71. The summed E-state index contributed by atoms with van der Waals surface area (Å²) in [6, 6.07) is 14.9. The lowest BCUT2D eigenvalue weighted by Crippen LogP contribution is -2.00. The van der Waals surface area contributed by atoms with E-state index < -0.39 is 0 Å². The van der Waals surface area contributed by atoms with Crippen LogP contribution in [0.25, 0.3) is 5.69 Å². The van der Waals surface area contributed by atoms with E-state index in [1.54, 1.807) is 12.1 Å². The van der Waals surface area contributed by atoms with Gasteiger partial charge < -0.3 is 0 Å². The molecule has 3 aromatic rings. The molecule has 0 fully saturated rings. The number of nitro groups is 1. The van der Waals surface area contributed by atoms with Crippen molar-refractivity contribution >= 4 is 17.4 Å². The SMILES string of the molecule is Cc1ccc(-n2c(C)nnc2SC(C)c2cccc([N+](=O)[O-])c2)cc1. The molecule has 1 unspecified atom stereocenters. The molecule has 0 aliphatic heterocycles. The first-order valence-corrected chi connectivity index (χ1v) is 8.74. The first kappa shape index (κ1) is 17.2. The van der Waals surface area contributed by atoms with Crippen LogP contribution >= 0.6 is 11.8 Å². The van der Waals surface area contributed by atoms with Crippen LogP contribution in [0.5, 0.6) is 0 Å². The number of hydrogen-bond donors (Lipinski definition) is 0. The molecule has 7 heteroatoms. The zero-order valence-corrected chi connectivity index (χ0v) is 15.0. The Kier molecular flexibility index (Phi) is 4.85. The number of aromatic nitrogens is 3. The van der Waals surface area contributed by atoms with Crippen LogP contribution in [0.4, 0.5) is 5.69 Å². The van der Waals surface area contributed by atoms with E-state index in [9.17, 15) is 10.1 Å². The minimum Gasteiger partial charge on any atom is -0.274 e. The predicted molar refractivity (Wildman–Crippen MR) is 98.2 cm³/mol. The van der Waals surface area contributed by atoms with Crippen LogP contribution in [0, 0.1) is 24.0 Å². The highest BCUT2D eigenvalue weighted by molar-refractivity contribution is 7.99. The maximum atomic E-state index is 11.0. The smallest absolute Gasteiger partial charge is 0.269 e. The summed E-state index contributed by atoms with van der Waals surface area (Å²) in [5, 5.41) is 20.2. The number of hydrogen-bond acceptors (Lipinski definition) is 5. The predicted octanol–water partition coefficient (Wildman–Crippen LogP) is 4.65. The molecule has 0 N–H and O–H groups in total. The zero-order chi connectivity index (χ0) is 18.0. The zero-order valence-electron chi connectivity index (χ0n) is 14.2. The van der Waals surface area contributed by atoms with Crippen LogP contribution < -0.4 is 0 Å². The molecule has 1 atom stereocenters. The molecule has 0 saturated heterocycles. The first-order valence-electron chi connectivity index (χ1n) is 7.86. The van der Waals surface area contributed by atoms with E-state index in [1.165, 1.54) is 23.4 Å². The van der Waals surface area contributed by atoms with Crippen molar-refractivity contribution in [3.8, 4) is 5.69 Å². The summed E-state index contributed by atoms with van der Waals surface area (Å²) >= 11 is 1.53. The molecule has 0 radical (unpaired) electrons. The Labute approximate surface area is 150 Å². The van der Waals surface area contributed by atoms with Gasteiger partial charge in [0.1, 0.15) is 5.82 Å². The van der Waals surface area contributed by atoms with Gasteiger partial charge in [0.2, 0.25) is 0 Å². The Bertz CT molecular complexity index is 906. The fraction of sp³-hybridized carbons (Fsp3) is 0.222. The Morgan fingerprint density at radius 3 is 2.52 bits per heavy atom. The van der Waals surface area contributed by atoms with Crippen molar-refractivity contribution < 1.29 is 4.92 Å². The minimum absolute atomic E-state index is 0.00713. The summed E-state index contributed by atoms with van der Waals surface area (Å²) in [5.74, 6) is 0.803. The molecular weight excluding hydrogens is 336 g/mol. The Morgan fingerprint density at radius 2 is 1.84 bits per heavy atom. The van der Waals surface area contributed by atoms with Gasteiger partial charge in [-0.2, -0.15) is 0 Å². The fourth-order valence-electron chi connectivity index (χ4n) is 2.53. The number of nitrogens with zero attached hydrogens (tertiary/aromatic N) is 4. The molecule has 0 bridgehead atoms. The maximum Gasteiger partial charge on any atom is 0.269 e. The van der Waals surface area contributed by atoms with Gasteiger partial charge in [-0.05, 0) is 38.5 Å².